The second-order valence-electron chi connectivity index (χ2n) is 12.3. The fourth-order valence-electron chi connectivity index (χ4n) is 7.13. The molecule has 9 nitrogen and oxygen atoms in total. The van der Waals surface area contributed by atoms with Gasteiger partial charge in [-0.05, 0) is 65.0 Å². The summed E-state index contributed by atoms with van der Waals surface area (Å²) in [7, 11) is 0. The number of pyridine rings is 1. The van der Waals surface area contributed by atoms with Gasteiger partial charge in [0.25, 0.3) is 0 Å². The smallest absolute Gasteiger partial charge is 0.223 e. The molecule has 3 N–H and O–H groups in total. The van der Waals surface area contributed by atoms with Crippen molar-refractivity contribution < 1.29 is 23.7 Å². The van der Waals surface area contributed by atoms with E-state index in [1.165, 1.54) is 12.1 Å². The summed E-state index contributed by atoms with van der Waals surface area (Å²) in [4.78, 5) is 24.4. The third-order valence-electron chi connectivity index (χ3n) is 9.24. The van der Waals surface area contributed by atoms with Crippen LogP contribution >= 0.6 is 0 Å². The molecule has 0 aliphatic carbocycles. The SMILES string of the molecule is Cc1c(CN2C3CCCC2CC(O)C3)n(C(C)C)c2cc(-c3nc(N[C@@H]4CCOC[C@H]4O)ncc3F)c(F)cc2c1=O. The highest BCUT2D eigenvalue weighted by Crippen LogP contribution is 2.37. The molecule has 2 aromatic heterocycles. The van der Waals surface area contributed by atoms with E-state index in [1.807, 2.05) is 13.8 Å². The van der Waals surface area contributed by atoms with E-state index in [2.05, 4.69) is 24.8 Å². The number of hydrogen-bond donors (Lipinski definition) is 3. The van der Waals surface area contributed by atoms with Crippen molar-refractivity contribution in [2.45, 2.75) is 102 Å². The van der Waals surface area contributed by atoms with E-state index in [0.717, 1.165) is 44.0 Å². The van der Waals surface area contributed by atoms with Crippen LogP contribution in [-0.2, 0) is 11.3 Å². The average molecular weight is 584 g/mol. The Labute approximate surface area is 243 Å². The van der Waals surface area contributed by atoms with Gasteiger partial charge < -0.3 is 24.8 Å². The molecule has 3 aliphatic heterocycles. The van der Waals surface area contributed by atoms with Crippen LogP contribution in [0.4, 0.5) is 14.7 Å². The highest BCUT2D eigenvalue weighted by molar-refractivity contribution is 5.85. The Balaban J connectivity index is 1.45. The van der Waals surface area contributed by atoms with Crippen LogP contribution in [0.1, 0.15) is 69.7 Å². The monoisotopic (exact) mass is 583 g/mol. The van der Waals surface area contributed by atoms with Crippen molar-refractivity contribution in [3.8, 4) is 11.3 Å². The molecule has 4 atom stereocenters. The molecule has 2 bridgehead atoms. The quantitative estimate of drug-likeness (QED) is 0.398. The Morgan fingerprint density at radius 3 is 2.55 bits per heavy atom. The summed E-state index contributed by atoms with van der Waals surface area (Å²) in [5.74, 6) is -1.48. The van der Waals surface area contributed by atoms with Gasteiger partial charge in [0.1, 0.15) is 11.5 Å². The zero-order valence-electron chi connectivity index (χ0n) is 24.3. The standard InChI is InChI=1S/C31H39F2N5O4/c1-16(2)38-26-12-21(29-24(33)13-34-31(36-29)35-25-7-8-42-15-28(25)40)23(32)11-22(26)30(41)17(3)27(38)14-37-18-5-4-6-19(37)10-20(39)9-18/h11-13,16,18-20,25,28,39-40H,4-10,14-15H2,1-3H3,(H,34,35,36)/t18?,19?,20?,25-,28-/m1/s1. The summed E-state index contributed by atoms with van der Waals surface area (Å²) in [5, 5.41) is 23.9. The van der Waals surface area contributed by atoms with Gasteiger partial charge in [0.05, 0.1) is 36.6 Å². The van der Waals surface area contributed by atoms with Crippen molar-refractivity contribution >= 4 is 16.9 Å². The lowest BCUT2D eigenvalue weighted by Crippen LogP contribution is -2.53. The van der Waals surface area contributed by atoms with E-state index in [9.17, 15) is 15.0 Å². The van der Waals surface area contributed by atoms with Gasteiger partial charge >= 0.3 is 0 Å². The van der Waals surface area contributed by atoms with Crippen LogP contribution in [0, 0.1) is 18.6 Å². The number of nitrogens with zero attached hydrogens (tertiary/aromatic N) is 4. The van der Waals surface area contributed by atoms with Crippen molar-refractivity contribution in [1.82, 2.24) is 19.4 Å². The largest absolute Gasteiger partial charge is 0.393 e. The predicted octanol–water partition coefficient (Wildman–Crippen LogP) is 4.07. The van der Waals surface area contributed by atoms with Crippen molar-refractivity contribution in [3.63, 3.8) is 0 Å². The number of aliphatic hydroxyl groups is 2. The van der Waals surface area contributed by atoms with Crippen molar-refractivity contribution in [3.05, 3.63) is 51.4 Å². The zero-order chi connectivity index (χ0) is 29.7. The maximum absolute atomic E-state index is 15.7. The van der Waals surface area contributed by atoms with Crippen LogP contribution < -0.4 is 10.7 Å². The molecule has 5 heterocycles. The highest BCUT2D eigenvalue weighted by atomic mass is 19.1. The lowest BCUT2D eigenvalue weighted by molar-refractivity contribution is -0.0325. The number of piperidine rings is 2. The first-order valence-electron chi connectivity index (χ1n) is 15.0. The first-order chi connectivity index (χ1) is 20.1. The lowest BCUT2D eigenvalue weighted by Gasteiger charge is -2.48. The Bertz CT molecular complexity index is 1530. The summed E-state index contributed by atoms with van der Waals surface area (Å²) in [6, 6.07) is 2.75. The van der Waals surface area contributed by atoms with E-state index in [-0.39, 0.29) is 64.9 Å². The normalized spacial score (nSPS) is 26.6. The number of benzene rings is 1. The van der Waals surface area contributed by atoms with Crippen LogP contribution in [0.2, 0.25) is 0 Å². The van der Waals surface area contributed by atoms with Crippen molar-refractivity contribution in [2.24, 2.45) is 0 Å². The number of aliphatic hydroxyl groups excluding tert-OH is 2. The van der Waals surface area contributed by atoms with E-state index < -0.39 is 17.7 Å². The molecule has 3 saturated heterocycles. The molecule has 0 saturated carbocycles. The molecule has 0 spiro atoms. The van der Waals surface area contributed by atoms with Gasteiger partial charge in [-0.15, -0.1) is 0 Å². The second kappa shape index (κ2) is 11.6. The van der Waals surface area contributed by atoms with Gasteiger partial charge in [0, 0.05) is 53.5 Å². The van der Waals surface area contributed by atoms with Gasteiger partial charge in [-0.25, -0.2) is 18.7 Å². The van der Waals surface area contributed by atoms with E-state index >= 15 is 8.78 Å². The Hall–Kier alpha value is -2.99. The van der Waals surface area contributed by atoms with Crippen LogP contribution in [-0.4, -0.2) is 73.2 Å². The summed E-state index contributed by atoms with van der Waals surface area (Å²) in [6.45, 7) is 7.00. The minimum Gasteiger partial charge on any atom is -0.393 e. The summed E-state index contributed by atoms with van der Waals surface area (Å²) in [6.07, 6.45) is 5.01. The predicted molar refractivity (Wildman–Crippen MR) is 155 cm³/mol. The fraction of sp³-hybridized carbons (Fsp3) is 0.581. The summed E-state index contributed by atoms with van der Waals surface area (Å²) in [5.41, 5.74) is 1.40. The molecule has 226 valence electrons. The van der Waals surface area contributed by atoms with Crippen LogP contribution in [0.3, 0.4) is 0 Å². The number of fused-ring (bicyclic) bond motifs is 3. The Morgan fingerprint density at radius 2 is 1.86 bits per heavy atom. The second-order valence-corrected chi connectivity index (χ2v) is 12.3. The summed E-state index contributed by atoms with van der Waals surface area (Å²) >= 11 is 0. The Kier molecular flexibility index (Phi) is 8.03. The van der Waals surface area contributed by atoms with Gasteiger partial charge in [0.2, 0.25) is 5.95 Å². The van der Waals surface area contributed by atoms with E-state index in [1.54, 1.807) is 6.92 Å². The minimum atomic E-state index is -0.795. The van der Waals surface area contributed by atoms with E-state index in [0.29, 0.717) is 30.7 Å². The maximum Gasteiger partial charge on any atom is 0.223 e. The number of aromatic nitrogens is 3. The molecule has 2 unspecified atom stereocenters. The molecule has 42 heavy (non-hydrogen) atoms. The number of ether oxygens (including phenoxy) is 1. The molecular formula is C31H39F2N5O4. The minimum absolute atomic E-state index is 0.0699. The fourth-order valence-corrected chi connectivity index (χ4v) is 7.13. The molecular weight excluding hydrogens is 544 g/mol. The topological polar surface area (TPSA) is 113 Å². The van der Waals surface area contributed by atoms with Crippen LogP contribution in [0.25, 0.3) is 22.2 Å². The number of nitrogens with one attached hydrogen (secondary N) is 1. The highest BCUT2D eigenvalue weighted by Gasteiger charge is 2.38. The lowest BCUT2D eigenvalue weighted by atomic mass is 9.82. The molecule has 3 aromatic rings. The molecule has 1 aromatic carbocycles. The maximum atomic E-state index is 15.7. The number of halogens is 2. The van der Waals surface area contributed by atoms with Gasteiger partial charge in [-0.1, -0.05) is 6.42 Å². The van der Waals surface area contributed by atoms with E-state index in [4.69, 9.17) is 4.74 Å². The number of anilines is 1. The molecule has 3 aliphatic rings. The average Bonchev–Trinajstić information content (AvgIpc) is 2.94. The van der Waals surface area contributed by atoms with Gasteiger partial charge in [-0.2, -0.15) is 0 Å². The van der Waals surface area contributed by atoms with Crippen LogP contribution in [0.5, 0.6) is 0 Å². The van der Waals surface area contributed by atoms with Crippen molar-refractivity contribution in [2.75, 3.05) is 18.5 Å². The number of hydrogen-bond acceptors (Lipinski definition) is 8. The zero-order valence-corrected chi connectivity index (χ0v) is 24.3. The van der Waals surface area contributed by atoms with Gasteiger partial charge in [-0.3, -0.25) is 9.69 Å². The first-order valence-corrected chi connectivity index (χ1v) is 15.0. The summed E-state index contributed by atoms with van der Waals surface area (Å²) < 4.78 is 38.2. The third-order valence-corrected chi connectivity index (χ3v) is 9.24. The molecule has 3 fully saturated rings. The molecule has 0 amide bonds. The first kappa shape index (κ1) is 29.1. The molecule has 6 rings (SSSR count). The number of rotatable bonds is 6. The van der Waals surface area contributed by atoms with Gasteiger partial charge in [0.15, 0.2) is 11.2 Å². The third kappa shape index (κ3) is 5.32. The molecule has 11 heteroatoms. The van der Waals surface area contributed by atoms with Crippen molar-refractivity contribution in [1.29, 1.82) is 0 Å². The Morgan fingerprint density at radius 1 is 1.12 bits per heavy atom. The molecule has 0 radical (unpaired) electrons. The van der Waals surface area contributed by atoms with Crippen LogP contribution in [0.15, 0.2) is 23.1 Å².